The Morgan fingerprint density at radius 1 is 1.14 bits per heavy atom. The Hall–Kier alpha value is -0.940. The van der Waals surface area contributed by atoms with Crippen LogP contribution in [0.15, 0.2) is 29.6 Å². The number of nitrogens with one attached hydrogen (secondary N) is 1. The molecule has 1 aromatic carbocycles. The molecule has 0 fully saturated rings. The molecule has 122 valence electrons. The standard InChI is InChI=1S/C16H20ClNO2S.ClH/c1-3-19-15-9-12(8-14(17)16(15)20-4-2)10-18-11-13-6-5-7-21-13;/h5-9,18H,3-4,10-11H2,1-2H3;1H/p-1. The molecule has 0 saturated heterocycles. The first kappa shape index (κ1) is 19.1. The fourth-order valence-corrected chi connectivity index (χ4v) is 2.98. The summed E-state index contributed by atoms with van der Waals surface area (Å²) in [5.74, 6) is 1.34. The highest BCUT2D eigenvalue weighted by molar-refractivity contribution is 7.09. The summed E-state index contributed by atoms with van der Waals surface area (Å²) in [6, 6.07) is 8.09. The van der Waals surface area contributed by atoms with Gasteiger partial charge in [-0.2, -0.15) is 0 Å². The highest BCUT2D eigenvalue weighted by Crippen LogP contribution is 2.36. The van der Waals surface area contributed by atoms with E-state index in [2.05, 4.69) is 22.8 Å². The molecule has 3 nitrogen and oxygen atoms in total. The molecule has 0 radical (unpaired) electrons. The Bertz CT molecular complexity index is 562. The summed E-state index contributed by atoms with van der Waals surface area (Å²) in [7, 11) is 0. The first-order valence-electron chi connectivity index (χ1n) is 7.05. The van der Waals surface area contributed by atoms with E-state index in [0.717, 1.165) is 18.7 Å². The first-order chi connectivity index (χ1) is 10.2. The summed E-state index contributed by atoms with van der Waals surface area (Å²) < 4.78 is 11.2. The molecule has 1 aromatic heterocycles. The van der Waals surface area contributed by atoms with Crippen LogP contribution in [0.5, 0.6) is 11.5 Å². The maximum Gasteiger partial charge on any atom is 0.179 e. The molecule has 1 heterocycles. The van der Waals surface area contributed by atoms with Gasteiger partial charge in [-0.25, -0.2) is 0 Å². The number of hydrogen-bond donors (Lipinski definition) is 1. The predicted octanol–water partition coefficient (Wildman–Crippen LogP) is 1.49. The molecule has 0 spiro atoms. The maximum absolute atomic E-state index is 6.30. The lowest BCUT2D eigenvalue weighted by atomic mass is 10.2. The van der Waals surface area contributed by atoms with Crippen molar-refractivity contribution in [3.8, 4) is 11.5 Å². The van der Waals surface area contributed by atoms with E-state index in [-0.39, 0.29) is 12.4 Å². The van der Waals surface area contributed by atoms with Crippen molar-refractivity contribution in [2.24, 2.45) is 0 Å². The van der Waals surface area contributed by atoms with Crippen molar-refractivity contribution >= 4 is 22.9 Å². The number of hydrogen-bond acceptors (Lipinski definition) is 4. The number of halogens is 2. The summed E-state index contributed by atoms with van der Waals surface area (Å²) in [5.41, 5.74) is 1.09. The van der Waals surface area contributed by atoms with Crippen LogP contribution in [-0.4, -0.2) is 13.2 Å². The van der Waals surface area contributed by atoms with Crippen molar-refractivity contribution in [3.05, 3.63) is 45.1 Å². The van der Waals surface area contributed by atoms with Crippen LogP contribution in [0.3, 0.4) is 0 Å². The van der Waals surface area contributed by atoms with Crippen molar-refractivity contribution in [1.82, 2.24) is 5.32 Å². The van der Waals surface area contributed by atoms with Crippen molar-refractivity contribution in [3.63, 3.8) is 0 Å². The predicted molar refractivity (Wildman–Crippen MR) is 88.7 cm³/mol. The zero-order chi connectivity index (χ0) is 15.1. The van der Waals surface area contributed by atoms with Gasteiger partial charge in [0.25, 0.3) is 0 Å². The molecule has 2 rings (SSSR count). The molecule has 0 unspecified atom stereocenters. The van der Waals surface area contributed by atoms with Crippen molar-refractivity contribution in [2.45, 2.75) is 26.9 Å². The largest absolute Gasteiger partial charge is 1.00 e. The van der Waals surface area contributed by atoms with Crippen molar-refractivity contribution < 1.29 is 21.9 Å². The minimum absolute atomic E-state index is 0. The number of rotatable bonds is 8. The lowest BCUT2D eigenvalue weighted by Gasteiger charge is -2.14. The molecule has 22 heavy (non-hydrogen) atoms. The Morgan fingerprint density at radius 3 is 2.55 bits per heavy atom. The molecule has 2 aromatic rings. The van der Waals surface area contributed by atoms with Crippen LogP contribution in [0.25, 0.3) is 0 Å². The van der Waals surface area contributed by atoms with Crippen molar-refractivity contribution in [2.75, 3.05) is 13.2 Å². The highest BCUT2D eigenvalue weighted by Gasteiger charge is 2.12. The average molecular weight is 361 g/mol. The normalized spacial score (nSPS) is 10.1. The lowest BCUT2D eigenvalue weighted by molar-refractivity contribution is -0.00000512. The van der Waals surface area contributed by atoms with Crippen LogP contribution >= 0.6 is 22.9 Å². The van der Waals surface area contributed by atoms with E-state index in [1.165, 1.54) is 4.88 Å². The van der Waals surface area contributed by atoms with E-state index < -0.39 is 0 Å². The molecule has 6 heteroatoms. The Kier molecular flexibility index (Phi) is 8.64. The van der Waals surface area contributed by atoms with Crippen LogP contribution < -0.4 is 27.2 Å². The quantitative estimate of drug-likeness (QED) is 0.773. The molecule has 0 amide bonds. The zero-order valence-electron chi connectivity index (χ0n) is 12.7. The Labute approximate surface area is 147 Å². The van der Waals surface area contributed by atoms with Gasteiger partial charge < -0.3 is 27.2 Å². The molecule has 0 bridgehead atoms. The number of thiophene rings is 1. The third kappa shape index (κ3) is 5.36. The molecule has 0 aliphatic rings. The van der Waals surface area contributed by atoms with Crippen LogP contribution in [0.1, 0.15) is 24.3 Å². The van der Waals surface area contributed by atoms with Gasteiger partial charge in [-0.3, -0.25) is 0 Å². The molecule has 1 N–H and O–H groups in total. The van der Waals surface area contributed by atoms with E-state index in [0.29, 0.717) is 29.7 Å². The van der Waals surface area contributed by atoms with Crippen LogP contribution in [-0.2, 0) is 13.1 Å². The Morgan fingerprint density at radius 2 is 1.91 bits per heavy atom. The fourth-order valence-electron chi connectivity index (χ4n) is 2.01. The molecule has 0 saturated carbocycles. The highest BCUT2D eigenvalue weighted by atomic mass is 35.5. The van der Waals surface area contributed by atoms with E-state index in [9.17, 15) is 0 Å². The van der Waals surface area contributed by atoms with Gasteiger partial charge in [0.2, 0.25) is 0 Å². The second-order valence-corrected chi connectivity index (χ2v) is 5.89. The average Bonchev–Trinajstić information content (AvgIpc) is 2.96. The minimum atomic E-state index is 0. The van der Waals surface area contributed by atoms with Crippen LogP contribution in [0.2, 0.25) is 5.02 Å². The van der Waals surface area contributed by atoms with Gasteiger partial charge >= 0.3 is 0 Å². The smallest absolute Gasteiger partial charge is 0.179 e. The summed E-state index contributed by atoms with van der Waals surface area (Å²) >= 11 is 8.05. The SMILES string of the molecule is CCOc1cc(CNCc2cccs2)cc(Cl)c1OCC.[Cl-]. The minimum Gasteiger partial charge on any atom is -1.00 e. The summed E-state index contributed by atoms with van der Waals surface area (Å²) in [6.07, 6.45) is 0. The van der Waals surface area contributed by atoms with Crippen LogP contribution in [0, 0.1) is 0 Å². The summed E-state index contributed by atoms with van der Waals surface area (Å²) in [4.78, 5) is 1.32. The molecular weight excluding hydrogens is 341 g/mol. The molecule has 0 aliphatic heterocycles. The van der Waals surface area contributed by atoms with Crippen LogP contribution in [0.4, 0.5) is 0 Å². The molecular formula is C16H20Cl2NO2S-. The summed E-state index contributed by atoms with van der Waals surface area (Å²) in [5, 5.41) is 6.08. The third-order valence-electron chi connectivity index (χ3n) is 2.87. The van der Waals surface area contributed by atoms with Gasteiger partial charge in [0.15, 0.2) is 11.5 Å². The van der Waals surface area contributed by atoms with E-state index in [1.807, 2.05) is 26.0 Å². The molecule has 0 atom stereocenters. The fraction of sp³-hybridized carbons (Fsp3) is 0.375. The van der Waals surface area contributed by atoms with Crippen molar-refractivity contribution in [1.29, 1.82) is 0 Å². The van der Waals surface area contributed by atoms with E-state index in [1.54, 1.807) is 11.3 Å². The van der Waals surface area contributed by atoms with Gasteiger partial charge in [0.1, 0.15) is 0 Å². The third-order valence-corrected chi connectivity index (χ3v) is 4.02. The molecule has 0 aliphatic carbocycles. The van der Waals surface area contributed by atoms with E-state index >= 15 is 0 Å². The maximum atomic E-state index is 6.30. The van der Waals surface area contributed by atoms with Gasteiger partial charge in [0.05, 0.1) is 18.2 Å². The second kappa shape index (κ2) is 9.95. The van der Waals surface area contributed by atoms with Gasteiger partial charge in [-0.05, 0) is 43.0 Å². The van der Waals surface area contributed by atoms with Gasteiger partial charge in [-0.15, -0.1) is 11.3 Å². The monoisotopic (exact) mass is 360 g/mol. The number of benzene rings is 1. The second-order valence-electron chi connectivity index (χ2n) is 4.45. The summed E-state index contributed by atoms with van der Waals surface area (Å²) in [6.45, 7) is 6.63. The lowest BCUT2D eigenvalue weighted by Crippen LogP contribution is -3.00. The van der Waals surface area contributed by atoms with Gasteiger partial charge in [-0.1, -0.05) is 17.7 Å². The number of ether oxygens (including phenoxy) is 2. The topological polar surface area (TPSA) is 30.5 Å². The first-order valence-corrected chi connectivity index (χ1v) is 8.31. The zero-order valence-corrected chi connectivity index (χ0v) is 15.0. The Balaban J connectivity index is 0.00000242. The van der Waals surface area contributed by atoms with E-state index in [4.69, 9.17) is 21.1 Å². The van der Waals surface area contributed by atoms with Gasteiger partial charge in [0, 0.05) is 18.0 Å².